The molecule has 1 fully saturated rings. The molecule has 2 amide bonds. The first-order chi connectivity index (χ1) is 11.2. The number of nitrogens with one attached hydrogen (secondary N) is 1. The number of fused-ring (bicyclic) bond motifs is 3. The van der Waals surface area contributed by atoms with Crippen molar-refractivity contribution in [3.63, 3.8) is 0 Å². The van der Waals surface area contributed by atoms with Crippen molar-refractivity contribution in [3.8, 4) is 0 Å². The maximum absolute atomic E-state index is 12.5. The Labute approximate surface area is 135 Å². The SMILES string of the molecule is O=C(NC1CC(=O)N2CCc3ccccc3C12)c1ccccc1. The fraction of sp³-hybridized carbons (Fsp3) is 0.263. The Hall–Kier alpha value is -2.62. The van der Waals surface area contributed by atoms with Crippen LogP contribution in [0.5, 0.6) is 0 Å². The van der Waals surface area contributed by atoms with Gasteiger partial charge in [0.1, 0.15) is 0 Å². The Kier molecular flexibility index (Phi) is 3.37. The van der Waals surface area contributed by atoms with Crippen LogP contribution in [0.25, 0.3) is 0 Å². The third-order valence-electron chi connectivity index (χ3n) is 4.78. The van der Waals surface area contributed by atoms with E-state index >= 15 is 0 Å². The zero-order chi connectivity index (χ0) is 15.8. The van der Waals surface area contributed by atoms with Gasteiger partial charge in [0.2, 0.25) is 5.91 Å². The summed E-state index contributed by atoms with van der Waals surface area (Å²) in [6.07, 6.45) is 1.26. The number of rotatable bonds is 2. The van der Waals surface area contributed by atoms with Gasteiger partial charge in [0.25, 0.3) is 5.91 Å². The number of nitrogens with zero attached hydrogens (tertiary/aromatic N) is 1. The fourth-order valence-electron chi connectivity index (χ4n) is 3.70. The fourth-order valence-corrected chi connectivity index (χ4v) is 3.70. The van der Waals surface area contributed by atoms with Gasteiger partial charge in [-0.3, -0.25) is 9.59 Å². The van der Waals surface area contributed by atoms with Gasteiger partial charge in [-0.25, -0.2) is 0 Å². The van der Waals surface area contributed by atoms with Crippen molar-refractivity contribution < 1.29 is 9.59 Å². The highest BCUT2D eigenvalue weighted by Gasteiger charge is 2.43. The quantitative estimate of drug-likeness (QED) is 0.925. The molecule has 4 rings (SSSR count). The zero-order valence-corrected chi connectivity index (χ0v) is 12.7. The average molecular weight is 306 g/mol. The van der Waals surface area contributed by atoms with Crippen molar-refractivity contribution in [2.24, 2.45) is 0 Å². The molecule has 2 aromatic rings. The second kappa shape index (κ2) is 5.54. The van der Waals surface area contributed by atoms with Crippen molar-refractivity contribution in [2.45, 2.75) is 24.9 Å². The summed E-state index contributed by atoms with van der Waals surface area (Å²) in [5.74, 6) is 0.0103. The monoisotopic (exact) mass is 306 g/mol. The summed E-state index contributed by atoms with van der Waals surface area (Å²) >= 11 is 0. The molecule has 1 N–H and O–H groups in total. The van der Waals surface area contributed by atoms with Gasteiger partial charge in [-0.2, -0.15) is 0 Å². The molecular formula is C19H18N2O2. The molecular weight excluding hydrogens is 288 g/mol. The van der Waals surface area contributed by atoms with Crippen LogP contribution in [0.3, 0.4) is 0 Å². The van der Waals surface area contributed by atoms with Crippen molar-refractivity contribution >= 4 is 11.8 Å². The number of carbonyl (C=O) groups is 2. The van der Waals surface area contributed by atoms with E-state index in [4.69, 9.17) is 0 Å². The maximum atomic E-state index is 12.5. The molecule has 2 unspecified atom stereocenters. The second-order valence-electron chi connectivity index (χ2n) is 6.13. The molecule has 23 heavy (non-hydrogen) atoms. The Bertz CT molecular complexity index is 757. The lowest BCUT2D eigenvalue weighted by atomic mass is 9.90. The summed E-state index contributed by atoms with van der Waals surface area (Å²) in [6, 6.07) is 17.2. The van der Waals surface area contributed by atoms with Crippen molar-refractivity contribution in [1.29, 1.82) is 0 Å². The first-order valence-corrected chi connectivity index (χ1v) is 7.97. The third kappa shape index (κ3) is 2.40. The summed E-state index contributed by atoms with van der Waals surface area (Å²) in [4.78, 5) is 26.7. The van der Waals surface area contributed by atoms with Crippen molar-refractivity contribution in [3.05, 3.63) is 71.3 Å². The zero-order valence-electron chi connectivity index (χ0n) is 12.7. The summed E-state index contributed by atoms with van der Waals surface area (Å²) in [5.41, 5.74) is 3.08. The Morgan fingerprint density at radius 1 is 1.04 bits per heavy atom. The lowest BCUT2D eigenvalue weighted by Gasteiger charge is -2.34. The smallest absolute Gasteiger partial charge is 0.251 e. The maximum Gasteiger partial charge on any atom is 0.251 e. The van der Waals surface area contributed by atoms with Crippen LogP contribution in [0, 0.1) is 0 Å². The second-order valence-corrected chi connectivity index (χ2v) is 6.13. The van der Waals surface area contributed by atoms with Crippen LogP contribution in [0.2, 0.25) is 0 Å². The molecule has 4 nitrogen and oxygen atoms in total. The van der Waals surface area contributed by atoms with Crippen LogP contribution in [-0.2, 0) is 11.2 Å². The molecule has 0 saturated carbocycles. The van der Waals surface area contributed by atoms with E-state index in [0.29, 0.717) is 12.0 Å². The largest absolute Gasteiger partial charge is 0.346 e. The van der Waals surface area contributed by atoms with E-state index < -0.39 is 0 Å². The summed E-state index contributed by atoms with van der Waals surface area (Å²) in [7, 11) is 0. The molecule has 2 aliphatic rings. The van der Waals surface area contributed by atoms with Gasteiger partial charge in [-0.1, -0.05) is 42.5 Å². The lowest BCUT2D eigenvalue weighted by molar-refractivity contribution is -0.129. The standard InChI is InChI=1S/C19H18N2O2/c22-17-12-16(20-19(23)14-7-2-1-3-8-14)18-15-9-5-4-6-13(15)10-11-21(17)18/h1-9,16,18H,10-12H2,(H,20,23). The van der Waals surface area contributed by atoms with Crippen LogP contribution in [-0.4, -0.2) is 29.3 Å². The van der Waals surface area contributed by atoms with E-state index in [0.717, 1.165) is 13.0 Å². The van der Waals surface area contributed by atoms with Gasteiger partial charge in [-0.05, 0) is 29.7 Å². The van der Waals surface area contributed by atoms with Gasteiger partial charge in [0, 0.05) is 18.5 Å². The van der Waals surface area contributed by atoms with Crippen molar-refractivity contribution in [1.82, 2.24) is 10.2 Å². The molecule has 0 bridgehead atoms. The molecule has 0 aromatic heterocycles. The van der Waals surface area contributed by atoms with E-state index in [-0.39, 0.29) is 23.9 Å². The molecule has 0 spiro atoms. The number of amides is 2. The minimum absolute atomic E-state index is 0.0416. The Morgan fingerprint density at radius 2 is 1.78 bits per heavy atom. The normalized spacial score (nSPS) is 22.4. The lowest BCUT2D eigenvalue weighted by Crippen LogP contribution is -2.42. The van der Waals surface area contributed by atoms with Crippen molar-refractivity contribution in [2.75, 3.05) is 6.54 Å². The van der Waals surface area contributed by atoms with Crippen LogP contribution in [0.1, 0.15) is 33.9 Å². The molecule has 2 aliphatic heterocycles. The number of benzene rings is 2. The molecule has 2 aromatic carbocycles. The minimum Gasteiger partial charge on any atom is -0.346 e. The minimum atomic E-state index is -0.170. The average Bonchev–Trinajstić information content (AvgIpc) is 2.92. The van der Waals surface area contributed by atoms with Gasteiger partial charge in [-0.15, -0.1) is 0 Å². The third-order valence-corrected chi connectivity index (χ3v) is 4.78. The van der Waals surface area contributed by atoms with Gasteiger partial charge in [0.15, 0.2) is 0 Å². The van der Waals surface area contributed by atoms with Gasteiger partial charge in [0.05, 0.1) is 12.1 Å². The topological polar surface area (TPSA) is 49.4 Å². The number of hydrogen-bond donors (Lipinski definition) is 1. The molecule has 116 valence electrons. The number of carbonyl (C=O) groups excluding carboxylic acids is 2. The summed E-state index contributed by atoms with van der Waals surface area (Å²) in [6.45, 7) is 0.734. The highest BCUT2D eigenvalue weighted by Crippen LogP contribution is 2.38. The first kappa shape index (κ1) is 14.0. The molecule has 2 atom stereocenters. The van der Waals surface area contributed by atoms with Crippen LogP contribution >= 0.6 is 0 Å². The highest BCUT2D eigenvalue weighted by atomic mass is 16.2. The van der Waals surface area contributed by atoms with Gasteiger partial charge < -0.3 is 10.2 Å². The Balaban J connectivity index is 1.63. The summed E-state index contributed by atoms with van der Waals surface area (Å²) < 4.78 is 0. The van der Waals surface area contributed by atoms with Crippen LogP contribution in [0.4, 0.5) is 0 Å². The van der Waals surface area contributed by atoms with E-state index in [1.165, 1.54) is 11.1 Å². The predicted molar refractivity (Wildman–Crippen MR) is 86.9 cm³/mol. The van der Waals surface area contributed by atoms with E-state index in [2.05, 4.69) is 17.4 Å². The highest BCUT2D eigenvalue weighted by molar-refractivity contribution is 5.95. The predicted octanol–water partition coefficient (Wildman–Crippen LogP) is 2.31. The Morgan fingerprint density at radius 3 is 2.61 bits per heavy atom. The molecule has 0 aliphatic carbocycles. The molecule has 0 radical (unpaired) electrons. The summed E-state index contributed by atoms with van der Waals surface area (Å²) in [5, 5.41) is 3.06. The molecule has 4 heteroatoms. The van der Waals surface area contributed by atoms with E-state index in [1.807, 2.05) is 35.2 Å². The van der Waals surface area contributed by atoms with Gasteiger partial charge >= 0.3 is 0 Å². The van der Waals surface area contributed by atoms with Crippen LogP contribution < -0.4 is 5.32 Å². The first-order valence-electron chi connectivity index (χ1n) is 7.97. The van der Waals surface area contributed by atoms with E-state index in [1.54, 1.807) is 12.1 Å². The molecule has 1 saturated heterocycles. The number of hydrogen-bond acceptors (Lipinski definition) is 2. The van der Waals surface area contributed by atoms with Crippen LogP contribution in [0.15, 0.2) is 54.6 Å². The van der Waals surface area contributed by atoms with E-state index in [9.17, 15) is 9.59 Å². The molecule has 2 heterocycles.